The Bertz CT molecular complexity index is 1150. The maximum absolute atomic E-state index is 10.7. The van der Waals surface area contributed by atoms with Gasteiger partial charge in [0.15, 0.2) is 0 Å². The molecule has 206 valence electrons. The maximum Gasteiger partial charge on any atom is 0.142 e. The molecule has 2 aromatic carbocycles. The third-order valence-electron chi connectivity index (χ3n) is 7.25. The zero-order valence-corrected chi connectivity index (χ0v) is 25.0. The Balaban J connectivity index is 0.000000328. The second kappa shape index (κ2) is 14.4. The van der Waals surface area contributed by atoms with Gasteiger partial charge >= 0.3 is 0 Å². The van der Waals surface area contributed by atoms with Gasteiger partial charge in [-0.15, -0.1) is 11.8 Å². The fourth-order valence-electron chi connectivity index (χ4n) is 4.44. The van der Waals surface area contributed by atoms with Crippen LogP contribution in [0, 0.1) is 10.8 Å². The van der Waals surface area contributed by atoms with Crippen molar-refractivity contribution < 1.29 is 5.11 Å². The molecule has 2 aromatic rings. The van der Waals surface area contributed by atoms with Gasteiger partial charge in [-0.3, -0.25) is 10.8 Å². The van der Waals surface area contributed by atoms with Crippen LogP contribution in [0.15, 0.2) is 65.6 Å². The molecular weight excluding hydrogens is 486 g/mol. The Morgan fingerprint density at radius 2 is 1.50 bits per heavy atom. The van der Waals surface area contributed by atoms with Gasteiger partial charge in [0.25, 0.3) is 0 Å². The normalized spacial score (nSPS) is 13.7. The van der Waals surface area contributed by atoms with E-state index in [9.17, 15) is 5.11 Å². The van der Waals surface area contributed by atoms with E-state index in [2.05, 4.69) is 59.7 Å². The highest BCUT2D eigenvalue weighted by atomic mass is 32.2. The lowest BCUT2D eigenvalue weighted by atomic mass is 9.73. The molecule has 0 fully saturated rings. The standard InChI is InChI=1S/C23H33NO.C10H14N2S/c1-6-7-11-14-22(2,3)18-15-19(21(25)20(24)16-18)23(4,5)17-12-9-8-10-13-17;1-2-3-6-13-8-4-5-9(11)10(12)7-8/h8-10,12-13,15-16,25H,6-7,11,14,24H2,1-5H3;4-5,7,11-12H,2-3,6H2,1H3. The van der Waals surface area contributed by atoms with Crippen molar-refractivity contribution in [3.05, 3.63) is 82.3 Å². The first-order valence-corrected chi connectivity index (χ1v) is 14.8. The van der Waals surface area contributed by atoms with Crippen molar-refractivity contribution >= 4 is 28.9 Å². The van der Waals surface area contributed by atoms with Gasteiger partial charge in [0.1, 0.15) is 5.75 Å². The largest absolute Gasteiger partial charge is 0.505 e. The fourth-order valence-corrected chi connectivity index (χ4v) is 5.48. The van der Waals surface area contributed by atoms with Crippen molar-refractivity contribution in [2.45, 2.75) is 90.9 Å². The van der Waals surface area contributed by atoms with Crippen LogP contribution in [0.1, 0.15) is 96.8 Å². The van der Waals surface area contributed by atoms with Crippen LogP contribution in [0.5, 0.6) is 5.75 Å². The Morgan fingerprint density at radius 3 is 2.11 bits per heavy atom. The summed E-state index contributed by atoms with van der Waals surface area (Å²) in [6.45, 7) is 13.2. The summed E-state index contributed by atoms with van der Waals surface area (Å²) >= 11 is 1.76. The topological polar surface area (TPSA) is 93.9 Å². The summed E-state index contributed by atoms with van der Waals surface area (Å²) < 4.78 is 0. The van der Waals surface area contributed by atoms with Crippen LogP contribution >= 0.6 is 11.8 Å². The number of hydrogen-bond acceptors (Lipinski definition) is 5. The first-order valence-electron chi connectivity index (χ1n) is 13.8. The first kappa shape index (κ1) is 31.4. The van der Waals surface area contributed by atoms with Gasteiger partial charge in [-0.25, -0.2) is 0 Å². The molecule has 0 saturated carbocycles. The smallest absolute Gasteiger partial charge is 0.142 e. The van der Waals surface area contributed by atoms with E-state index in [-0.39, 0.29) is 16.6 Å². The van der Waals surface area contributed by atoms with E-state index in [1.54, 1.807) is 23.9 Å². The summed E-state index contributed by atoms with van der Waals surface area (Å²) in [5, 5.41) is 25.4. The summed E-state index contributed by atoms with van der Waals surface area (Å²) in [6, 6.07) is 14.4. The number of thioether (sulfide) groups is 1. The number of unbranched alkanes of at least 4 members (excludes halogenated alkanes) is 3. The van der Waals surface area contributed by atoms with Gasteiger partial charge in [-0.2, -0.15) is 0 Å². The van der Waals surface area contributed by atoms with E-state index in [0.29, 0.717) is 17.1 Å². The molecule has 5 heteroatoms. The van der Waals surface area contributed by atoms with Crippen LogP contribution in [0.25, 0.3) is 0 Å². The number of nitrogens with one attached hydrogen (secondary N) is 2. The van der Waals surface area contributed by atoms with Crippen molar-refractivity contribution in [2.75, 3.05) is 11.5 Å². The minimum atomic E-state index is -0.311. The first-order chi connectivity index (χ1) is 17.9. The van der Waals surface area contributed by atoms with Crippen LogP contribution < -0.4 is 5.73 Å². The number of allylic oxidation sites excluding steroid dienone is 3. The number of phenolic OH excluding ortho intramolecular Hbond substituents is 1. The molecule has 0 bridgehead atoms. The number of nitrogens with two attached hydrogens (primary N) is 1. The number of benzene rings is 2. The zero-order valence-electron chi connectivity index (χ0n) is 24.2. The van der Waals surface area contributed by atoms with E-state index in [4.69, 9.17) is 16.6 Å². The van der Waals surface area contributed by atoms with Gasteiger partial charge in [0.05, 0.1) is 17.1 Å². The highest BCUT2D eigenvalue weighted by molar-refractivity contribution is 8.03. The Kier molecular flexibility index (Phi) is 11.9. The van der Waals surface area contributed by atoms with E-state index in [1.807, 2.05) is 30.3 Å². The summed E-state index contributed by atoms with van der Waals surface area (Å²) in [6.07, 6.45) is 12.6. The lowest BCUT2D eigenvalue weighted by molar-refractivity contribution is 0.439. The molecule has 38 heavy (non-hydrogen) atoms. The van der Waals surface area contributed by atoms with E-state index in [1.165, 1.54) is 43.2 Å². The van der Waals surface area contributed by atoms with Crippen molar-refractivity contribution in [1.82, 2.24) is 0 Å². The number of phenols is 1. The van der Waals surface area contributed by atoms with Crippen molar-refractivity contribution in [3.63, 3.8) is 0 Å². The lowest BCUT2D eigenvalue weighted by Crippen LogP contribution is -2.23. The molecule has 0 unspecified atom stereocenters. The van der Waals surface area contributed by atoms with Gasteiger partial charge in [-0.05, 0) is 59.4 Å². The van der Waals surface area contributed by atoms with E-state index < -0.39 is 0 Å². The average molecular weight is 534 g/mol. The maximum atomic E-state index is 10.7. The Labute approximate surface area is 234 Å². The number of nitrogen functional groups attached to an aromatic ring is 1. The van der Waals surface area contributed by atoms with Crippen LogP contribution in [-0.2, 0) is 10.8 Å². The summed E-state index contributed by atoms with van der Waals surface area (Å²) in [5.41, 5.74) is 10.3. The number of aromatic hydroxyl groups is 1. The summed E-state index contributed by atoms with van der Waals surface area (Å²) in [5.74, 6) is 1.31. The lowest BCUT2D eigenvalue weighted by Gasteiger charge is -2.31. The van der Waals surface area contributed by atoms with Crippen molar-refractivity contribution in [1.29, 1.82) is 10.8 Å². The molecule has 0 aromatic heterocycles. The summed E-state index contributed by atoms with van der Waals surface area (Å²) in [4.78, 5) is 1.11. The highest BCUT2D eigenvalue weighted by Gasteiger charge is 2.30. The van der Waals surface area contributed by atoms with E-state index in [0.717, 1.165) is 22.6 Å². The van der Waals surface area contributed by atoms with E-state index >= 15 is 0 Å². The van der Waals surface area contributed by atoms with Gasteiger partial charge < -0.3 is 10.8 Å². The van der Waals surface area contributed by atoms with Crippen LogP contribution in [-0.4, -0.2) is 22.3 Å². The molecule has 3 rings (SSSR count). The third kappa shape index (κ3) is 8.62. The predicted octanol–water partition coefficient (Wildman–Crippen LogP) is 9.17. The molecule has 0 heterocycles. The monoisotopic (exact) mass is 533 g/mol. The average Bonchev–Trinajstić information content (AvgIpc) is 2.88. The van der Waals surface area contributed by atoms with Crippen molar-refractivity contribution in [2.24, 2.45) is 0 Å². The molecule has 1 aliphatic carbocycles. The minimum Gasteiger partial charge on any atom is -0.505 e. The highest BCUT2D eigenvalue weighted by Crippen LogP contribution is 2.43. The molecule has 0 radical (unpaired) electrons. The third-order valence-corrected chi connectivity index (χ3v) is 8.33. The number of rotatable bonds is 11. The second-order valence-electron chi connectivity index (χ2n) is 11.2. The predicted molar refractivity (Wildman–Crippen MR) is 168 cm³/mol. The molecule has 0 amide bonds. The summed E-state index contributed by atoms with van der Waals surface area (Å²) in [7, 11) is 0. The molecule has 0 aliphatic heterocycles. The Hall–Kier alpha value is -2.79. The second-order valence-corrected chi connectivity index (χ2v) is 12.4. The molecule has 4 nitrogen and oxygen atoms in total. The number of anilines is 1. The van der Waals surface area contributed by atoms with Gasteiger partial charge in [0.2, 0.25) is 0 Å². The molecule has 0 atom stereocenters. The van der Waals surface area contributed by atoms with Crippen LogP contribution in [0.2, 0.25) is 0 Å². The van der Waals surface area contributed by atoms with Crippen molar-refractivity contribution in [3.8, 4) is 5.75 Å². The molecular formula is C33H47N3OS. The minimum absolute atomic E-state index is 0.0402. The van der Waals surface area contributed by atoms with Gasteiger partial charge in [0, 0.05) is 15.9 Å². The molecule has 0 spiro atoms. The zero-order chi connectivity index (χ0) is 28.3. The Morgan fingerprint density at radius 1 is 0.842 bits per heavy atom. The van der Waals surface area contributed by atoms with Crippen LogP contribution in [0.4, 0.5) is 5.69 Å². The van der Waals surface area contributed by atoms with Crippen LogP contribution in [0.3, 0.4) is 0 Å². The fraction of sp³-hybridized carbons (Fsp3) is 0.455. The van der Waals surface area contributed by atoms with Gasteiger partial charge in [-0.1, -0.05) is 104 Å². The molecule has 5 N–H and O–H groups in total. The quantitative estimate of drug-likeness (QED) is 0.100. The number of hydrogen-bond donors (Lipinski definition) is 4. The molecule has 0 saturated heterocycles. The SMILES string of the molecule is CCCCCC(C)(C)c1cc(N)c(O)c(C(C)(C)c2ccccc2)c1.CCCCSC1=CC(=N)C(=N)C=C1. The molecule has 1 aliphatic rings.